The normalized spacial score (nSPS) is 17.3. The lowest BCUT2D eigenvalue weighted by molar-refractivity contribution is 0.483. The summed E-state index contributed by atoms with van der Waals surface area (Å²) in [6, 6.07) is 20.9. The van der Waals surface area contributed by atoms with Gasteiger partial charge >= 0.3 is 0 Å². The van der Waals surface area contributed by atoms with Gasteiger partial charge in [0.15, 0.2) is 0 Å². The molecule has 1 atom stereocenters. The second kappa shape index (κ2) is 6.31. The molecule has 0 saturated carbocycles. The third-order valence-corrected chi connectivity index (χ3v) is 4.34. The van der Waals surface area contributed by atoms with E-state index in [0.29, 0.717) is 6.04 Å². The first-order chi connectivity index (χ1) is 11.4. The van der Waals surface area contributed by atoms with Crippen molar-refractivity contribution in [1.29, 1.82) is 0 Å². The van der Waals surface area contributed by atoms with Crippen molar-refractivity contribution in [2.45, 2.75) is 12.5 Å². The molecule has 1 aliphatic rings. The van der Waals surface area contributed by atoms with Crippen molar-refractivity contribution >= 4 is 0 Å². The van der Waals surface area contributed by atoms with Gasteiger partial charge in [0.05, 0.1) is 0 Å². The smallest absolute Gasteiger partial charge is 0.127 e. The Kier molecular flexibility index (Phi) is 3.86. The second-order valence-electron chi connectivity index (χ2n) is 5.93. The van der Waals surface area contributed by atoms with Gasteiger partial charge < -0.3 is 14.6 Å². The Bertz CT molecular complexity index is 756. The van der Waals surface area contributed by atoms with Gasteiger partial charge in [0.1, 0.15) is 11.5 Å². The predicted octanol–water partition coefficient (Wildman–Crippen LogP) is 4.48. The van der Waals surface area contributed by atoms with Gasteiger partial charge in [-0.15, -0.1) is 0 Å². The molecule has 3 aromatic rings. The lowest BCUT2D eigenvalue weighted by atomic mass is 10.1. The highest BCUT2D eigenvalue weighted by atomic mass is 16.5. The molecule has 0 bridgehead atoms. The van der Waals surface area contributed by atoms with E-state index in [1.807, 2.05) is 42.5 Å². The standard InChI is InChI=1S/C20H20N2O/c1-2-4-19(5-3-1)23-20-8-6-16(7-9-20)17-11-13-22(15-17)18-10-12-21-14-18/h1-9,11,13,15,18,21H,10,12,14H2. The fourth-order valence-corrected chi connectivity index (χ4v) is 3.04. The molecule has 3 nitrogen and oxygen atoms in total. The molecule has 3 heteroatoms. The fourth-order valence-electron chi connectivity index (χ4n) is 3.04. The molecule has 2 aromatic carbocycles. The van der Waals surface area contributed by atoms with Crippen LogP contribution >= 0.6 is 0 Å². The molecule has 116 valence electrons. The summed E-state index contributed by atoms with van der Waals surface area (Å²) >= 11 is 0. The zero-order valence-electron chi connectivity index (χ0n) is 13.0. The van der Waals surface area contributed by atoms with Crippen molar-refractivity contribution in [3.8, 4) is 22.6 Å². The lowest BCUT2D eigenvalue weighted by Crippen LogP contribution is -2.11. The maximum Gasteiger partial charge on any atom is 0.127 e. The third kappa shape index (κ3) is 3.15. The summed E-state index contributed by atoms with van der Waals surface area (Å²) in [5, 5.41) is 3.41. The van der Waals surface area contributed by atoms with Crippen LogP contribution in [0.2, 0.25) is 0 Å². The van der Waals surface area contributed by atoms with Crippen molar-refractivity contribution in [2.75, 3.05) is 13.1 Å². The van der Waals surface area contributed by atoms with E-state index < -0.39 is 0 Å². The zero-order valence-corrected chi connectivity index (χ0v) is 13.0. The Morgan fingerprint density at radius 2 is 1.65 bits per heavy atom. The summed E-state index contributed by atoms with van der Waals surface area (Å²) in [5.41, 5.74) is 2.47. The second-order valence-corrected chi connectivity index (χ2v) is 5.93. The van der Waals surface area contributed by atoms with Crippen molar-refractivity contribution < 1.29 is 4.74 Å². The van der Waals surface area contributed by atoms with Crippen molar-refractivity contribution in [2.24, 2.45) is 0 Å². The monoisotopic (exact) mass is 304 g/mol. The van der Waals surface area contributed by atoms with Crippen LogP contribution < -0.4 is 10.1 Å². The van der Waals surface area contributed by atoms with E-state index in [2.05, 4.69) is 40.5 Å². The Labute approximate surface area is 136 Å². The minimum absolute atomic E-state index is 0.587. The molecular weight excluding hydrogens is 284 g/mol. The molecule has 1 unspecified atom stereocenters. The van der Waals surface area contributed by atoms with Crippen LogP contribution in [0, 0.1) is 0 Å². The minimum atomic E-state index is 0.587. The first kappa shape index (κ1) is 14.1. The molecule has 0 spiro atoms. The van der Waals surface area contributed by atoms with Crippen LogP contribution in [0.3, 0.4) is 0 Å². The average Bonchev–Trinajstić information content (AvgIpc) is 3.28. The van der Waals surface area contributed by atoms with Crippen LogP contribution in [0.15, 0.2) is 73.1 Å². The molecular formula is C20H20N2O. The molecule has 23 heavy (non-hydrogen) atoms. The summed E-state index contributed by atoms with van der Waals surface area (Å²) in [6.07, 6.45) is 5.63. The third-order valence-electron chi connectivity index (χ3n) is 4.34. The van der Waals surface area contributed by atoms with Gasteiger partial charge in [-0.25, -0.2) is 0 Å². The highest BCUT2D eigenvalue weighted by Gasteiger charge is 2.15. The molecule has 0 aliphatic carbocycles. The van der Waals surface area contributed by atoms with E-state index in [4.69, 9.17) is 4.74 Å². The van der Waals surface area contributed by atoms with Crippen molar-refractivity contribution in [3.63, 3.8) is 0 Å². The van der Waals surface area contributed by atoms with Gasteiger partial charge in [-0.2, -0.15) is 0 Å². The summed E-state index contributed by atoms with van der Waals surface area (Å²) in [6.45, 7) is 2.18. The number of hydrogen-bond acceptors (Lipinski definition) is 2. The number of nitrogens with one attached hydrogen (secondary N) is 1. The molecule has 2 heterocycles. The van der Waals surface area contributed by atoms with E-state index in [-0.39, 0.29) is 0 Å². The molecule has 1 saturated heterocycles. The van der Waals surface area contributed by atoms with Crippen molar-refractivity contribution in [1.82, 2.24) is 9.88 Å². The SMILES string of the molecule is c1ccc(Oc2ccc(-c3ccn(C4CCNC4)c3)cc2)cc1. The molecule has 1 N–H and O–H groups in total. The molecule has 0 radical (unpaired) electrons. The lowest BCUT2D eigenvalue weighted by Gasteiger charge is -2.10. The zero-order chi connectivity index (χ0) is 15.5. The van der Waals surface area contributed by atoms with E-state index in [9.17, 15) is 0 Å². The van der Waals surface area contributed by atoms with E-state index >= 15 is 0 Å². The van der Waals surface area contributed by atoms with Gasteiger partial charge in [-0.1, -0.05) is 30.3 Å². The summed E-state index contributed by atoms with van der Waals surface area (Å²) < 4.78 is 8.17. The van der Waals surface area contributed by atoms with Gasteiger partial charge in [-0.05, 0) is 54.4 Å². The molecule has 0 amide bonds. The Morgan fingerprint density at radius 3 is 2.39 bits per heavy atom. The number of para-hydroxylation sites is 1. The van der Waals surface area contributed by atoms with Crippen LogP contribution in [-0.4, -0.2) is 17.7 Å². The quantitative estimate of drug-likeness (QED) is 0.769. The molecule has 1 aromatic heterocycles. The van der Waals surface area contributed by atoms with Gasteiger partial charge in [0, 0.05) is 25.0 Å². The number of aromatic nitrogens is 1. The van der Waals surface area contributed by atoms with Gasteiger partial charge in [-0.3, -0.25) is 0 Å². The van der Waals surface area contributed by atoms with Crippen molar-refractivity contribution in [3.05, 3.63) is 73.1 Å². The summed E-state index contributed by atoms with van der Waals surface area (Å²) in [7, 11) is 0. The highest BCUT2D eigenvalue weighted by Crippen LogP contribution is 2.27. The summed E-state index contributed by atoms with van der Waals surface area (Å²) in [4.78, 5) is 0. The first-order valence-corrected chi connectivity index (χ1v) is 8.10. The largest absolute Gasteiger partial charge is 0.457 e. The van der Waals surface area contributed by atoms with Crippen LogP contribution in [0.1, 0.15) is 12.5 Å². The van der Waals surface area contributed by atoms with E-state index in [1.54, 1.807) is 0 Å². The number of rotatable bonds is 4. The van der Waals surface area contributed by atoms with Crippen LogP contribution in [0.25, 0.3) is 11.1 Å². The fraction of sp³-hybridized carbons (Fsp3) is 0.200. The van der Waals surface area contributed by atoms with Gasteiger partial charge in [0.25, 0.3) is 0 Å². The van der Waals surface area contributed by atoms with Crippen LogP contribution in [0.5, 0.6) is 11.5 Å². The minimum Gasteiger partial charge on any atom is -0.457 e. The molecule has 4 rings (SSSR count). The van der Waals surface area contributed by atoms with E-state index in [0.717, 1.165) is 24.6 Å². The highest BCUT2D eigenvalue weighted by molar-refractivity contribution is 5.63. The number of ether oxygens (including phenoxy) is 1. The topological polar surface area (TPSA) is 26.2 Å². The Hall–Kier alpha value is -2.52. The maximum absolute atomic E-state index is 5.84. The average molecular weight is 304 g/mol. The van der Waals surface area contributed by atoms with Gasteiger partial charge in [0.2, 0.25) is 0 Å². The number of hydrogen-bond donors (Lipinski definition) is 1. The van der Waals surface area contributed by atoms with Crippen LogP contribution in [0.4, 0.5) is 0 Å². The summed E-state index contributed by atoms with van der Waals surface area (Å²) in [5.74, 6) is 1.72. The van der Waals surface area contributed by atoms with E-state index in [1.165, 1.54) is 17.5 Å². The predicted molar refractivity (Wildman–Crippen MR) is 92.9 cm³/mol. The molecule has 1 aliphatic heterocycles. The Balaban J connectivity index is 1.49. The first-order valence-electron chi connectivity index (χ1n) is 8.10. The number of benzene rings is 2. The van der Waals surface area contributed by atoms with Crippen LogP contribution in [-0.2, 0) is 0 Å². The Morgan fingerprint density at radius 1 is 0.870 bits per heavy atom. The maximum atomic E-state index is 5.84. The number of nitrogens with zero attached hydrogens (tertiary/aromatic N) is 1. The molecule has 1 fully saturated rings.